The van der Waals surface area contributed by atoms with Crippen LogP contribution in [0.4, 0.5) is 0 Å². The maximum Gasteiger partial charge on any atom is 0.258 e. The highest BCUT2D eigenvalue weighted by molar-refractivity contribution is 9.11. The topological polar surface area (TPSA) is 78.8 Å². The van der Waals surface area contributed by atoms with Gasteiger partial charge in [0.05, 0.1) is 6.10 Å². The number of halogens is 2. The third kappa shape index (κ3) is 6.50. The number of phenols is 1. The molecule has 0 saturated heterocycles. The van der Waals surface area contributed by atoms with E-state index in [2.05, 4.69) is 37.2 Å². The average Bonchev–Trinajstić information content (AvgIpc) is 2.62. The van der Waals surface area contributed by atoms with Gasteiger partial charge in [0.1, 0.15) is 11.5 Å². The largest absolute Gasteiger partial charge is 0.508 e. The maximum atomic E-state index is 11.7. The lowest BCUT2D eigenvalue weighted by molar-refractivity contribution is -0.123. The molecule has 0 aliphatic carbocycles. The van der Waals surface area contributed by atoms with Gasteiger partial charge in [0.25, 0.3) is 5.91 Å². The van der Waals surface area contributed by atoms with Crippen LogP contribution in [0.5, 0.6) is 11.5 Å². The van der Waals surface area contributed by atoms with Gasteiger partial charge < -0.3 is 20.3 Å². The van der Waals surface area contributed by atoms with Crippen LogP contribution in [0.25, 0.3) is 0 Å². The van der Waals surface area contributed by atoms with Crippen LogP contribution in [-0.4, -0.2) is 35.4 Å². The van der Waals surface area contributed by atoms with Crippen molar-refractivity contribution in [3.63, 3.8) is 0 Å². The highest BCUT2D eigenvalue weighted by Crippen LogP contribution is 2.34. The zero-order chi connectivity index (χ0) is 20.8. The second-order valence-electron chi connectivity index (χ2n) is 7.03. The van der Waals surface area contributed by atoms with E-state index in [0.717, 1.165) is 25.6 Å². The molecule has 2 aromatic rings. The third-order valence-electron chi connectivity index (χ3n) is 4.17. The fourth-order valence-corrected chi connectivity index (χ4v) is 4.10. The molecule has 1 amide bonds. The van der Waals surface area contributed by atoms with Crippen molar-refractivity contribution in [1.29, 1.82) is 0 Å². The molecule has 152 valence electrons. The Morgan fingerprint density at radius 2 is 1.79 bits per heavy atom. The molecule has 0 fully saturated rings. The highest BCUT2D eigenvalue weighted by atomic mass is 79.9. The number of phenolic OH excluding ortho intramolecular Hbond substituents is 1. The zero-order valence-corrected chi connectivity index (χ0v) is 19.3. The number of hydrogen-bond donors (Lipinski definition) is 3. The molecule has 0 saturated carbocycles. The number of carbonyl (C=O) groups is 1. The fourth-order valence-electron chi connectivity index (χ4n) is 2.67. The predicted octanol–water partition coefficient (Wildman–Crippen LogP) is 4.51. The number of ether oxygens (including phenoxy) is 1. The molecule has 7 heteroatoms. The second kappa shape index (κ2) is 10.3. The minimum atomic E-state index is -0.595. The fraction of sp³-hybridized carbons (Fsp3) is 0.381. The number of aliphatic hydroxyl groups excluding tert-OH is 1. The van der Waals surface area contributed by atoms with Crippen LogP contribution in [0.2, 0.25) is 0 Å². The molecule has 0 spiro atoms. The summed E-state index contributed by atoms with van der Waals surface area (Å²) in [5.41, 5.74) is 3.06. The van der Waals surface area contributed by atoms with E-state index >= 15 is 0 Å². The molecule has 2 aromatic carbocycles. The summed E-state index contributed by atoms with van der Waals surface area (Å²) in [5.74, 6) is 0.822. The van der Waals surface area contributed by atoms with E-state index in [1.807, 2.05) is 38.1 Å². The Hall–Kier alpha value is -1.57. The van der Waals surface area contributed by atoms with Gasteiger partial charge in [-0.1, -0.05) is 57.8 Å². The molecule has 0 aromatic heterocycles. The van der Waals surface area contributed by atoms with Crippen molar-refractivity contribution in [2.45, 2.75) is 39.2 Å². The first-order chi connectivity index (χ1) is 13.2. The molecule has 28 heavy (non-hydrogen) atoms. The van der Waals surface area contributed by atoms with Gasteiger partial charge >= 0.3 is 0 Å². The number of carbonyl (C=O) groups excluding carboxylic acids is 1. The molecular formula is C21H25Br2NO4. The number of benzene rings is 2. The Morgan fingerprint density at radius 3 is 2.36 bits per heavy atom. The van der Waals surface area contributed by atoms with Crippen molar-refractivity contribution >= 4 is 37.8 Å². The first kappa shape index (κ1) is 22.7. The van der Waals surface area contributed by atoms with Gasteiger partial charge in [-0.25, -0.2) is 0 Å². The predicted molar refractivity (Wildman–Crippen MR) is 117 cm³/mol. The molecule has 2 rings (SSSR count). The molecule has 0 heterocycles. The normalized spacial score (nSPS) is 12.1. The van der Waals surface area contributed by atoms with Crippen LogP contribution in [0.3, 0.4) is 0 Å². The van der Waals surface area contributed by atoms with Crippen molar-refractivity contribution in [3.05, 3.63) is 56.0 Å². The van der Waals surface area contributed by atoms with Gasteiger partial charge in [0.2, 0.25) is 0 Å². The Kier molecular flexibility index (Phi) is 8.34. The van der Waals surface area contributed by atoms with Crippen LogP contribution in [0.1, 0.15) is 43.4 Å². The number of rotatable bonds is 8. The standard InChI is InChI=1S/C21H25Br2NO4/c1-12(2)16-6-14(4-5-20(16)26)7-17-18(22)8-15(9-19(17)23)28-11-21(27)24-10-13(3)25/h4-6,8-9,12-13,25-26H,7,10-11H2,1-3H3,(H,24,27). The molecule has 1 unspecified atom stereocenters. The molecule has 3 N–H and O–H groups in total. The van der Waals surface area contributed by atoms with Crippen molar-refractivity contribution in [1.82, 2.24) is 5.32 Å². The van der Waals surface area contributed by atoms with Gasteiger partial charge in [-0.2, -0.15) is 0 Å². The van der Waals surface area contributed by atoms with E-state index in [4.69, 9.17) is 4.74 Å². The van der Waals surface area contributed by atoms with Gasteiger partial charge in [-0.15, -0.1) is 0 Å². The summed E-state index contributed by atoms with van der Waals surface area (Å²) in [6, 6.07) is 9.32. The van der Waals surface area contributed by atoms with Crippen molar-refractivity contribution in [2.75, 3.05) is 13.2 Å². The lowest BCUT2D eigenvalue weighted by Crippen LogP contribution is -2.34. The number of nitrogens with one attached hydrogen (secondary N) is 1. The Bertz CT molecular complexity index is 814. The zero-order valence-electron chi connectivity index (χ0n) is 16.1. The highest BCUT2D eigenvalue weighted by Gasteiger charge is 2.13. The van der Waals surface area contributed by atoms with Gasteiger partial charge in [-0.05, 0) is 54.2 Å². The molecule has 0 aliphatic rings. The van der Waals surface area contributed by atoms with Crippen molar-refractivity contribution in [3.8, 4) is 11.5 Å². The summed E-state index contributed by atoms with van der Waals surface area (Å²) < 4.78 is 7.27. The van der Waals surface area contributed by atoms with Crippen molar-refractivity contribution < 1.29 is 19.7 Å². The van der Waals surface area contributed by atoms with Crippen LogP contribution in [-0.2, 0) is 11.2 Å². The quantitative estimate of drug-likeness (QED) is 0.484. The van der Waals surface area contributed by atoms with Crippen LogP contribution in [0, 0.1) is 0 Å². The van der Waals surface area contributed by atoms with Crippen LogP contribution >= 0.6 is 31.9 Å². The molecule has 0 radical (unpaired) electrons. The summed E-state index contributed by atoms with van der Waals surface area (Å²) in [6.07, 6.45) is 0.0821. The SMILES string of the molecule is CC(O)CNC(=O)COc1cc(Br)c(Cc2ccc(O)c(C(C)C)c2)c(Br)c1. The number of aromatic hydroxyl groups is 1. The minimum absolute atomic E-state index is 0.124. The molecule has 1 atom stereocenters. The van der Waals surface area contributed by atoms with E-state index in [9.17, 15) is 15.0 Å². The maximum absolute atomic E-state index is 11.7. The second-order valence-corrected chi connectivity index (χ2v) is 8.74. The molecular weight excluding hydrogens is 490 g/mol. The average molecular weight is 515 g/mol. The molecule has 0 bridgehead atoms. The van der Waals surface area contributed by atoms with Crippen LogP contribution < -0.4 is 10.1 Å². The van der Waals surface area contributed by atoms with Crippen molar-refractivity contribution in [2.24, 2.45) is 0 Å². The Balaban J connectivity index is 2.10. The minimum Gasteiger partial charge on any atom is -0.508 e. The number of amides is 1. The van der Waals surface area contributed by atoms with Gasteiger partial charge in [0, 0.05) is 15.5 Å². The van der Waals surface area contributed by atoms with E-state index in [1.165, 1.54) is 0 Å². The first-order valence-corrected chi connectivity index (χ1v) is 10.6. The van der Waals surface area contributed by atoms with E-state index in [-0.39, 0.29) is 25.0 Å². The third-order valence-corrected chi connectivity index (χ3v) is 5.59. The Labute approximate surface area is 182 Å². The van der Waals surface area contributed by atoms with Gasteiger partial charge in [-0.3, -0.25) is 4.79 Å². The molecule has 0 aliphatic heterocycles. The lowest BCUT2D eigenvalue weighted by Gasteiger charge is -2.14. The molecule has 5 nitrogen and oxygen atoms in total. The van der Waals surface area contributed by atoms with Gasteiger partial charge in [0.15, 0.2) is 6.61 Å². The van der Waals surface area contributed by atoms with E-state index in [0.29, 0.717) is 17.9 Å². The first-order valence-electron chi connectivity index (χ1n) is 9.04. The number of aliphatic hydroxyl groups is 1. The lowest BCUT2D eigenvalue weighted by atomic mass is 9.96. The summed E-state index contributed by atoms with van der Waals surface area (Å²) in [5, 5.41) is 21.8. The van der Waals surface area contributed by atoms with Crippen LogP contribution in [0.15, 0.2) is 39.3 Å². The summed E-state index contributed by atoms with van der Waals surface area (Å²) in [4.78, 5) is 11.7. The van der Waals surface area contributed by atoms with E-state index < -0.39 is 6.10 Å². The summed E-state index contributed by atoms with van der Waals surface area (Å²) >= 11 is 7.16. The monoisotopic (exact) mass is 513 g/mol. The Morgan fingerprint density at radius 1 is 1.14 bits per heavy atom. The van der Waals surface area contributed by atoms with E-state index in [1.54, 1.807) is 13.0 Å². The smallest absolute Gasteiger partial charge is 0.258 e. The number of hydrogen-bond acceptors (Lipinski definition) is 4. The summed E-state index contributed by atoms with van der Waals surface area (Å²) in [6.45, 7) is 5.77. The summed E-state index contributed by atoms with van der Waals surface area (Å²) in [7, 11) is 0.